The van der Waals surface area contributed by atoms with Gasteiger partial charge in [0.2, 0.25) is 0 Å². The normalized spacial score (nSPS) is 11.9. The number of hydrogen-bond donors (Lipinski definition) is 0. The summed E-state index contributed by atoms with van der Waals surface area (Å²) in [4.78, 5) is 10.9. The molecule has 0 atom stereocenters. The maximum Gasteiger partial charge on any atom is 0.160 e. The van der Waals surface area contributed by atoms with E-state index in [4.69, 9.17) is 9.97 Å². The largest absolute Gasteiger partial charge is 0.309 e. The molecular formula is C68H42N4. The summed E-state index contributed by atoms with van der Waals surface area (Å²) in [7, 11) is 0. The van der Waals surface area contributed by atoms with Crippen LogP contribution < -0.4 is 0 Å². The maximum absolute atomic E-state index is 5.46. The Balaban J connectivity index is 0.881. The van der Waals surface area contributed by atoms with Gasteiger partial charge in [-0.3, -0.25) is 0 Å². The van der Waals surface area contributed by atoms with Crippen molar-refractivity contribution in [3.63, 3.8) is 0 Å². The summed E-state index contributed by atoms with van der Waals surface area (Å²) in [5.41, 5.74) is 14.1. The molecule has 72 heavy (non-hydrogen) atoms. The third-order valence-electron chi connectivity index (χ3n) is 14.8. The lowest BCUT2D eigenvalue weighted by Crippen LogP contribution is -1.98. The van der Waals surface area contributed by atoms with Crippen LogP contribution in [0.3, 0.4) is 0 Å². The predicted molar refractivity (Wildman–Crippen MR) is 302 cm³/mol. The lowest BCUT2D eigenvalue weighted by Gasteiger charge is -2.14. The van der Waals surface area contributed by atoms with Crippen LogP contribution in [-0.2, 0) is 0 Å². The fourth-order valence-electron chi connectivity index (χ4n) is 11.5. The molecule has 0 aliphatic rings. The van der Waals surface area contributed by atoms with E-state index in [2.05, 4.69) is 264 Å². The molecule has 0 bridgehead atoms. The van der Waals surface area contributed by atoms with E-state index in [-0.39, 0.29) is 0 Å². The van der Waals surface area contributed by atoms with Crippen molar-refractivity contribution < 1.29 is 0 Å². The molecule has 4 nitrogen and oxygen atoms in total. The second-order valence-corrected chi connectivity index (χ2v) is 19.0. The summed E-state index contributed by atoms with van der Waals surface area (Å²) in [5.74, 6) is 0.681. The number of fused-ring (bicyclic) bond motifs is 10. The highest BCUT2D eigenvalue weighted by Gasteiger charge is 2.19. The summed E-state index contributed by atoms with van der Waals surface area (Å²) >= 11 is 0. The third kappa shape index (κ3) is 6.40. The SMILES string of the molecule is c1cc(-c2ccc3c(c2)c2ccccc2n3-c2cccc(-n3c4ccccc4c4ccccc43)c2)cc(-c2nc(-c3cccc4cc5ccccc5cc34)cc(-c3cccc4cc5ccccc5cc34)n2)c1. The van der Waals surface area contributed by atoms with Gasteiger partial charge in [0.15, 0.2) is 5.82 Å². The number of rotatable bonds is 6. The van der Waals surface area contributed by atoms with Gasteiger partial charge >= 0.3 is 0 Å². The molecular weight excluding hydrogens is 873 g/mol. The van der Waals surface area contributed by atoms with E-state index in [9.17, 15) is 0 Å². The molecule has 3 aromatic heterocycles. The molecule has 12 aromatic carbocycles. The van der Waals surface area contributed by atoms with Crippen molar-refractivity contribution in [1.82, 2.24) is 19.1 Å². The fraction of sp³-hybridized carbons (Fsp3) is 0. The topological polar surface area (TPSA) is 35.6 Å². The third-order valence-corrected chi connectivity index (χ3v) is 14.8. The van der Waals surface area contributed by atoms with Gasteiger partial charge in [-0.25, -0.2) is 9.97 Å². The Labute approximate surface area is 415 Å². The predicted octanol–water partition coefficient (Wildman–Crippen LogP) is 18.0. The molecule has 0 spiro atoms. The zero-order valence-electron chi connectivity index (χ0n) is 39.0. The van der Waals surface area contributed by atoms with E-state index in [0.29, 0.717) is 5.82 Å². The Bertz CT molecular complexity index is 4520. The summed E-state index contributed by atoms with van der Waals surface area (Å²) in [6.07, 6.45) is 0. The first-order valence-corrected chi connectivity index (χ1v) is 24.6. The first-order chi connectivity index (χ1) is 35.7. The molecule has 0 saturated carbocycles. The van der Waals surface area contributed by atoms with Gasteiger partial charge in [0.25, 0.3) is 0 Å². The molecule has 0 aliphatic heterocycles. The molecule has 0 fully saturated rings. The highest BCUT2D eigenvalue weighted by molar-refractivity contribution is 6.12. The van der Waals surface area contributed by atoms with Crippen molar-refractivity contribution >= 4 is 86.7 Å². The second kappa shape index (κ2) is 16.0. The van der Waals surface area contributed by atoms with E-state index in [1.807, 2.05) is 0 Å². The summed E-state index contributed by atoms with van der Waals surface area (Å²) in [6, 6.07) is 92.4. The van der Waals surface area contributed by atoms with Gasteiger partial charge < -0.3 is 9.13 Å². The van der Waals surface area contributed by atoms with E-state index in [0.717, 1.165) is 66.9 Å². The molecule has 0 amide bonds. The van der Waals surface area contributed by atoms with Gasteiger partial charge in [-0.2, -0.15) is 0 Å². The first kappa shape index (κ1) is 40.3. The van der Waals surface area contributed by atoms with Crippen LogP contribution in [0.15, 0.2) is 255 Å². The van der Waals surface area contributed by atoms with Gasteiger partial charge in [-0.1, -0.05) is 170 Å². The molecule has 3 heterocycles. The van der Waals surface area contributed by atoms with Crippen LogP contribution in [0.1, 0.15) is 0 Å². The van der Waals surface area contributed by atoms with Crippen LogP contribution in [0, 0.1) is 0 Å². The van der Waals surface area contributed by atoms with Crippen molar-refractivity contribution in [3.8, 4) is 56.4 Å². The molecule has 4 heteroatoms. The van der Waals surface area contributed by atoms with Gasteiger partial charge in [0.05, 0.1) is 33.5 Å². The standard InChI is InChI=1S/C68H42N4/c1-3-17-46-38-59-49(35-43(46)15-1)20-12-28-54(59)62-42-63(55-29-13-21-50-36-44-16-2-4-18-47(44)39-60(50)55)70-68(69-62)51-22-11-19-45(37-51)48-33-34-67-61(40-48)58-27-7-10-32-66(58)72(67)53-24-14-23-52(41-53)71-64-30-8-5-25-56(64)57-26-6-9-31-65(57)71/h1-42H. The van der Waals surface area contributed by atoms with E-state index in [1.54, 1.807) is 0 Å². The molecule has 0 radical (unpaired) electrons. The van der Waals surface area contributed by atoms with Crippen molar-refractivity contribution in [3.05, 3.63) is 255 Å². The van der Waals surface area contributed by atoms with E-state index >= 15 is 0 Å². The van der Waals surface area contributed by atoms with Crippen LogP contribution >= 0.6 is 0 Å². The maximum atomic E-state index is 5.46. The molecule has 15 aromatic rings. The van der Waals surface area contributed by atoms with Crippen LogP contribution in [0.5, 0.6) is 0 Å². The monoisotopic (exact) mass is 914 g/mol. The van der Waals surface area contributed by atoms with Crippen molar-refractivity contribution in [2.45, 2.75) is 0 Å². The number of nitrogens with zero attached hydrogens (tertiary/aromatic N) is 4. The molecule has 334 valence electrons. The van der Waals surface area contributed by atoms with Crippen molar-refractivity contribution in [1.29, 1.82) is 0 Å². The average molecular weight is 915 g/mol. The van der Waals surface area contributed by atoms with Crippen molar-refractivity contribution in [2.75, 3.05) is 0 Å². The fourth-order valence-corrected chi connectivity index (χ4v) is 11.5. The van der Waals surface area contributed by atoms with Crippen LogP contribution in [0.2, 0.25) is 0 Å². The summed E-state index contributed by atoms with van der Waals surface area (Å²) < 4.78 is 4.80. The Kier molecular flexibility index (Phi) is 8.92. The number of hydrogen-bond acceptors (Lipinski definition) is 2. The molecule has 0 saturated heterocycles. The minimum Gasteiger partial charge on any atom is -0.309 e. The van der Waals surface area contributed by atoms with Gasteiger partial charge in [-0.15, -0.1) is 0 Å². The van der Waals surface area contributed by atoms with Crippen LogP contribution in [-0.4, -0.2) is 19.1 Å². The van der Waals surface area contributed by atoms with Crippen molar-refractivity contribution in [2.24, 2.45) is 0 Å². The van der Waals surface area contributed by atoms with Crippen LogP contribution in [0.25, 0.3) is 143 Å². The van der Waals surface area contributed by atoms with Gasteiger partial charge in [0.1, 0.15) is 0 Å². The smallest absolute Gasteiger partial charge is 0.160 e. The van der Waals surface area contributed by atoms with Crippen LogP contribution in [0.4, 0.5) is 0 Å². The molecule has 15 rings (SSSR count). The zero-order chi connectivity index (χ0) is 47.3. The van der Waals surface area contributed by atoms with Gasteiger partial charge in [-0.05, 0) is 139 Å². The highest BCUT2D eigenvalue weighted by Crippen LogP contribution is 2.40. The van der Waals surface area contributed by atoms with Gasteiger partial charge in [0, 0.05) is 49.6 Å². The number of benzene rings is 12. The highest BCUT2D eigenvalue weighted by atomic mass is 15.0. The Hall–Kier alpha value is -9.64. The lowest BCUT2D eigenvalue weighted by molar-refractivity contribution is 1.13. The first-order valence-electron chi connectivity index (χ1n) is 24.6. The minimum atomic E-state index is 0.681. The quantitative estimate of drug-likeness (QED) is 0.156. The molecule has 0 unspecified atom stereocenters. The second-order valence-electron chi connectivity index (χ2n) is 19.0. The number of aromatic nitrogens is 4. The zero-order valence-corrected chi connectivity index (χ0v) is 39.0. The van der Waals surface area contributed by atoms with E-state index < -0.39 is 0 Å². The number of para-hydroxylation sites is 3. The summed E-state index contributed by atoms with van der Waals surface area (Å²) in [6.45, 7) is 0. The molecule has 0 aliphatic carbocycles. The Morgan fingerprint density at radius 3 is 1.21 bits per heavy atom. The summed E-state index contributed by atoms with van der Waals surface area (Å²) in [5, 5.41) is 14.4. The Morgan fingerprint density at radius 1 is 0.236 bits per heavy atom. The average Bonchev–Trinajstić information content (AvgIpc) is 3.96. The lowest BCUT2D eigenvalue weighted by atomic mass is 9.95. The van der Waals surface area contributed by atoms with E-state index in [1.165, 1.54) is 70.4 Å². The Morgan fingerprint density at radius 2 is 0.653 bits per heavy atom. The molecule has 0 N–H and O–H groups in total. The minimum absolute atomic E-state index is 0.681.